The summed E-state index contributed by atoms with van der Waals surface area (Å²) in [4.78, 5) is 25.2. The van der Waals surface area contributed by atoms with Gasteiger partial charge >= 0.3 is 0 Å². The summed E-state index contributed by atoms with van der Waals surface area (Å²) in [6.07, 6.45) is 2.45. The molecular formula is C27H27ClN6O2. The molecule has 2 heterocycles. The van der Waals surface area contributed by atoms with E-state index in [4.69, 9.17) is 16.0 Å². The Labute approximate surface area is 214 Å². The van der Waals surface area contributed by atoms with Gasteiger partial charge < -0.3 is 15.1 Å². The number of anilines is 1. The van der Waals surface area contributed by atoms with Crippen molar-refractivity contribution in [3.63, 3.8) is 0 Å². The van der Waals surface area contributed by atoms with Gasteiger partial charge in [-0.25, -0.2) is 15.0 Å². The Morgan fingerprint density at radius 2 is 1.92 bits per heavy atom. The molecule has 1 atom stereocenters. The molecule has 36 heavy (non-hydrogen) atoms. The molecule has 8 nitrogen and oxygen atoms in total. The van der Waals surface area contributed by atoms with Crippen LogP contribution in [0.4, 0.5) is 5.82 Å². The van der Waals surface area contributed by atoms with Crippen LogP contribution in [0.2, 0.25) is 5.28 Å². The molecule has 1 unspecified atom stereocenters. The van der Waals surface area contributed by atoms with Crippen molar-refractivity contribution in [3.8, 4) is 17.5 Å². The van der Waals surface area contributed by atoms with Gasteiger partial charge in [0.1, 0.15) is 11.3 Å². The third-order valence-electron chi connectivity index (χ3n) is 5.84. The van der Waals surface area contributed by atoms with E-state index in [2.05, 4.69) is 52.4 Å². The number of halogens is 1. The number of hydrogen-bond donors (Lipinski definition) is 2. The van der Waals surface area contributed by atoms with Crippen LogP contribution in [0.15, 0.2) is 53.1 Å². The van der Waals surface area contributed by atoms with E-state index in [0.717, 1.165) is 17.5 Å². The number of nitrogens with one attached hydrogen (secondary N) is 2. The van der Waals surface area contributed by atoms with Crippen LogP contribution in [0.3, 0.4) is 0 Å². The molecular weight excluding hydrogens is 476 g/mol. The molecule has 0 aliphatic rings. The average molecular weight is 503 g/mol. The lowest BCUT2D eigenvalue weighted by atomic mass is 10.00. The number of nitriles is 1. The summed E-state index contributed by atoms with van der Waals surface area (Å²) >= 11 is 5.79. The number of oxazole rings is 1. The maximum atomic E-state index is 12.6. The molecule has 0 fully saturated rings. The highest BCUT2D eigenvalue weighted by Crippen LogP contribution is 2.31. The summed E-state index contributed by atoms with van der Waals surface area (Å²) in [5.41, 5.74) is 4.17. The van der Waals surface area contributed by atoms with Crippen molar-refractivity contribution in [1.82, 2.24) is 20.3 Å². The molecule has 0 saturated carbocycles. The Kier molecular flexibility index (Phi) is 7.81. The first-order chi connectivity index (χ1) is 17.3. The number of benzene rings is 2. The molecule has 4 aromatic rings. The molecule has 4 rings (SSSR count). The molecule has 0 aliphatic heterocycles. The van der Waals surface area contributed by atoms with Crippen LogP contribution in [-0.2, 0) is 0 Å². The van der Waals surface area contributed by atoms with Crippen LogP contribution >= 0.6 is 11.6 Å². The van der Waals surface area contributed by atoms with Gasteiger partial charge in [-0.15, -0.1) is 0 Å². The van der Waals surface area contributed by atoms with Crippen LogP contribution in [-0.4, -0.2) is 33.9 Å². The highest BCUT2D eigenvalue weighted by Gasteiger charge is 2.16. The zero-order valence-corrected chi connectivity index (χ0v) is 21.1. The van der Waals surface area contributed by atoms with Crippen molar-refractivity contribution in [2.75, 3.05) is 18.4 Å². The minimum atomic E-state index is -0.137. The number of aromatic nitrogens is 3. The fourth-order valence-electron chi connectivity index (χ4n) is 3.79. The number of carbonyl (C=O) groups is 1. The molecule has 0 bridgehead atoms. The summed E-state index contributed by atoms with van der Waals surface area (Å²) in [7, 11) is 0. The Balaban J connectivity index is 1.35. The number of amides is 1. The second-order valence-electron chi connectivity index (χ2n) is 9.02. The average Bonchev–Trinajstić information content (AvgIpc) is 3.31. The first-order valence-electron chi connectivity index (χ1n) is 11.8. The smallest absolute Gasteiger partial charge is 0.251 e. The molecule has 1 amide bonds. The minimum Gasteiger partial charge on any atom is -0.436 e. The number of carbonyl (C=O) groups excluding carboxylic acids is 1. The highest BCUT2D eigenvalue weighted by molar-refractivity contribution is 6.28. The van der Waals surface area contributed by atoms with Gasteiger partial charge in [0.05, 0.1) is 11.6 Å². The van der Waals surface area contributed by atoms with E-state index in [1.165, 1.54) is 0 Å². The predicted octanol–water partition coefficient (Wildman–Crippen LogP) is 5.80. The van der Waals surface area contributed by atoms with Crippen molar-refractivity contribution >= 4 is 34.4 Å². The van der Waals surface area contributed by atoms with Crippen molar-refractivity contribution in [2.24, 2.45) is 5.92 Å². The predicted molar refractivity (Wildman–Crippen MR) is 140 cm³/mol. The van der Waals surface area contributed by atoms with Gasteiger partial charge in [-0.2, -0.15) is 5.26 Å². The second-order valence-corrected chi connectivity index (χ2v) is 9.36. The molecule has 2 aromatic heterocycles. The van der Waals surface area contributed by atoms with Gasteiger partial charge in [0, 0.05) is 36.0 Å². The summed E-state index contributed by atoms with van der Waals surface area (Å²) in [5.74, 6) is 1.46. The van der Waals surface area contributed by atoms with E-state index in [9.17, 15) is 10.1 Å². The second kappa shape index (κ2) is 11.2. The third-order valence-corrected chi connectivity index (χ3v) is 6.03. The maximum Gasteiger partial charge on any atom is 0.251 e. The summed E-state index contributed by atoms with van der Waals surface area (Å²) < 4.78 is 6.06. The lowest BCUT2D eigenvalue weighted by Gasteiger charge is -2.13. The standard InChI is InChI=1S/C27H27ClN6O2/c1-16(2)21-12-18(14-29)13-22-24(21)36-26(33-22)20-6-4-19(5-7-20)25(35)32-15-17(3)8-10-30-23-9-11-31-27(28)34-23/h4-7,9,11-13,16-17H,8,10,15H2,1-3H3,(H,32,35)(H,30,31,34). The fraction of sp³-hybridized carbons (Fsp3) is 0.296. The molecule has 184 valence electrons. The van der Waals surface area contributed by atoms with Gasteiger partial charge in [0.15, 0.2) is 5.58 Å². The SMILES string of the molecule is CC(CCNc1ccnc(Cl)n1)CNC(=O)c1ccc(-c2nc3cc(C#N)cc(C(C)C)c3o2)cc1. The van der Waals surface area contributed by atoms with Gasteiger partial charge in [0.2, 0.25) is 11.2 Å². The van der Waals surface area contributed by atoms with E-state index < -0.39 is 0 Å². The van der Waals surface area contributed by atoms with E-state index >= 15 is 0 Å². The Hall–Kier alpha value is -3.96. The van der Waals surface area contributed by atoms with Gasteiger partial charge in [-0.3, -0.25) is 4.79 Å². The maximum absolute atomic E-state index is 12.6. The normalized spacial score (nSPS) is 11.9. The molecule has 0 radical (unpaired) electrons. The number of hydrogen-bond acceptors (Lipinski definition) is 7. The monoisotopic (exact) mass is 502 g/mol. The van der Waals surface area contributed by atoms with Crippen LogP contribution in [0, 0.1) is 17.2 Å². The van der Waals surface area contributed by atoms with Gasteiger partial charge in [0.25, 0.3) is 5.91 Å². The topological polar surface area (TPSA) is 117 Å². The summed E-state index contributed by atoms with van der Waals surface area (Å²) in [5, 5.41) is 15.7. The zero-order chi connectivity index (χ0) is 25.7. The molecule has 0 aliphatic carbocycles. The van der Waals surface area contributed by atoms with E-state index in [-0.39, 0.29) is 23.0 Å². The Morgan fingerprint density at radius 3 is 2.61 bits per heavy atom. The summed E-state index contributed by atoms with van der Waals surface area (Å²) in [6.45, 7) is 7.44. The lowest BCUT2D eigenvalue weighted by Crippen LogP contribution is -2.29. The van der Waals surface area contributed by atoms with Gasteiger partial charge in [-0.05, 0) is 72.3 Å². The molecule has 0 spiro atoms. The van der Waals surface area contributed by atoms with Gasteiger partial charge in [-0.1, -0.05) is 20.8 Å². The number of nitrogens with zero attached hydrogens (tertiary/aromatic N) is 4. The van der Waals surface area contributed by atoms with Crippen LogP contribution in [0.1, 0.15) is 54.6 Å². The summed E-state index contributed by atoms with van der Waals surface area (Å²) in [6, 6.07) is 14.7. The first kappa shape index (κ1) is 25.1. The van der Waals surface area contributed by atoms with Crippen molar-refractivity contribution < 1.29 is 9.21 Å². The van der Waals surface area contributed by atoms with E-state index in [1.54, 1.807) is 30.5 Å². The Morgan fingerprint density at radius 1 is 1.14 bits per heavy atom. The molecule has 2 aromatic carbocycles. The fourth-order valence-corrected chi connectivity index (χ4v) is 3.94. The van der Waals surface area contributed by atoms with Crippen LogP contribution < -0.4 is 10.6 Å². The quantitative estimate of drug-likeness (QED) is 0.278. The third kappa shape index (κ3) is 5.99. The van der Waals surface area contributed by atoms with Crippen molar-refractivity contribution in [1.29, 1.82) is 5.26 Å². The number of rotatable bonds is 9. The molecule has 9 heteroatoms. The van der Waals surface area contributed by atoms with E-state index in [0.29, 0.717) is 47.0 Å². The van der Waals surface area contributed by atoms with Crippen molar-refractivity contribution in [3.05, 3.63) is 70.6 Å². The zero-order valence-electron chi connectivity index (χ0n) is 20.4. The molecule has 0 saturated heterocycles. The minimum absolute atomic E-state index is 0.137. The largest absolute Gasteiger partial charge is 0.436 e. The lowest BCUT2D eigenvalue weighted by molar-refractivity contribution is 0.0947. The number of fused-ring (bicyclic) bond motifs is 1. The van der Waals surface area contributed by atoms with Crippen LogP contribution in [0.25, 0.3) is 22.6 Å². The van der Waals surface area contributed by atoms with Crippen LogP contribution in [0.5, 0.6) is 0 Å². The van der Waals surface area contributed by atoms with E-state index in [1.807, 2.05) is 18.2 Å². The highest BCUT2D eigenvalue weighted by atomic mass is 35.5. The first-order valence-corrected chi connectivity index (χ1v) is 12.2. The van der Waals surface area contributed by atoms with Crippen molar-refractivity contribution in [2.45, 2.75) is 33.1 Å². The Bertz CT molecular complexity index is 1410. The molecule has 2 N–H and O–H groups in total.